The van der Waals surface area contributed by atoms with Crippen molar-refractivity contribution in [1.82, 2.24) is 9.80 Å². The summed E-state index contributed by atoms with van der Waals surface area (Å²) >= 11 is 0. The van der Waals surface area contributed by atoms with Gasteiger partial charge in [-0.1, -0.05) is 42.5 Å². The average molecular weight is 574 g/mol. The van der Waals surface area contributed by atoms with Crippen molar-refractivity contribution in [3.63, 3.8) is 0 Å². The number of carbonyl (C=O) groups excluding carboxylic acids is 3. The van der Waals surface area contributed by atoms with Crippen LogP contribution in [0, 0.1) is 11.8 Å². The zero-order valence-corrected chi connectivity index (χ0v) is 24.1. The molecule has 3 fully saturated rings. The largest absolute Gasteiger partial charge is 0.494 e. The number of ether oxygens (including phenoxy) is 2. The molecule has 3 aliphatic rings. The first-order valence-electron chi connectivity index (χ1n) is 14.6. The summed E-state index contributed by atoms with van der Waals surface area (Å²) in [5.41, 5.74) is 0.453. The van der Waals surface area contributed by atoms with Crippen molar-refractivity contribution in [2.75, 3.05) is 37.7 Å². The number of β-amino-alcohol motifs (C(OH)–C–C–N with tert-alkyl or cyclic N) is 1. The normalized spacial score (nSPS) is 25.7. The first kappa shape index (κ1) is 29.5. The van der Waals surface area contributed by atoms with Crippen molar-refractivity contribution >= 4 is 23.4 Å². The van der Waals surface area contributed by atoms with Gasteiger partial charge in [0.15, 0.2) is 0 Å². The third kappa shape index (κ3) is 5.12. The Balaban J connectivity index is 1.48. The lowest BCUT2D eigenvalue weighted by molar-refractivity contribution is -0.148. The lowest BCUT2D eigenvalue weighted by Gasteiger charge is -2.37. The Morgan fingerprint density at radius 2 is 1.81 bits per heavy atom. The molecular formula is C33H39N3O6. The molecule has 0 aromatic heterocycles. The molecule has 3 aliphatic heterocycles. The highest BCUT2D eigenvalue weighted by Crippen LogP contribution is 2.59. The van der Waals surface area contributed by atoms with Crippen molar-refractivity contribution in [2.24, 2.45) is 11.8 Å². The monoisotopic (exact) mass is 573 g/mol. The van der Waals surface area contributed by atoms with E-state index >= 15 is 0 Å². The van der Waals surface area contributed by atoms with Gasteiger partial charge in [-0.2, -0.15) is 0 Å². The molecule has 5 rings (SSSR count). The number of carbonyl (C=O) groups is 3. The van der Waals surface area contributed by atoms with Gasteiger partial charge in [0.2, 0.25) is 17.7 Å². The number of hydrogen-bond donors (Lipinski definition) is 1. The van der Waals surface area contributed by atoms with Crippen LogP contribution in [0.1, 0.15) is 25.3 Å². The predicted octanol–water partition coefficient (Wildman–Crippen LogP) is 3.19. The summed E-state index contributed by atoms with van der Waals surface area (Å²) in [5, 5.41) is 9.92. The topological polar surface area (TPSA) is 99.6 Å². The van der Waals surface area contributed by atoms with Gasteiger partial charge >= 0.3 is 0 Å². The fourth-order valence-corrected chi connectivity index (χ4v) is 6.95. The van der Waals surface area contributed by atoms with E-state index in [1.165, 1.54) is 4.90 Å². The Morgan fingerprint density at radius 3 is 2.45 bits per heavy atom. The fourth-order valence-electron chi connectivity index (χ4n) is 6.95. The number of amides is 3. The number of fused-ring (bicyclic) bond motifs is 1. The smallest absolute Gasteiger partial charge is 0.248 e. The Morgan fingerprint density at radius 1 is 1.10 bits per heavy atom. The maximum Gasteiger partial charge on any atom is 0.248 e. The zero-order valence-electron chi connectivity index (χ0n) is 24.1. The Bertz CT molecular complexity index is 1310. The van der Waals surface area contributed by atoms with E-state index < -0.39 is 29.6 Å². The highest BCUT2D eigenvalue weighted by molar-refractivity contribution is 6.03. The van der Waals surface area contributed by atoms with Crippen LogP contribution in [0.2, 0.25) is 0 Å². The summed E-state index contributed by atoms with van der Waals surface area (Å²) in [6.45, 7) is 10.6. The van der Waals surface area contributed by atoms with Gasteiger partial charge in [0.05, 0.1) is 31.2 Å². The molecule has 1 spiro atoms. The number of rotatable bonds is 13. The van der Waals surface area contributed by atoms with Gasteiger partial charge in [-0.25, -0.2) is 0 Å². The SMILES string of the molecule is C=CCN(Cc1ccccc1)C(=O)C1N(CCO)C(=O)[C@@H]2[C@H](C(=O)N(CC=C)c3ccc(OCC)cc3)[C@@H]3CCC12O3. The van der Waals surface area contributed by atoms with Crippen LogP contribution < -0.4 is 9.64 Å². The number of nitrogens with zero attached hydrogens (tertiary/aromatic N) is 3. The Kier molecular flexibility index (Phi) is 8.80. The molecule has 9 nitrogen and oxygen atoms in total. The second-order valence-corrected chi connectivity index (χ2v) is 11.0. The highest BCUT2D eigenvalue weighted by Gasteiger charge is 2.74. The molecule has 42 heavy (non-hydrogen) atoms. The summed E-state index contributed by atoms with van der Waals surface area (Å²) < 4.78 is 12.1. The van der Waals surface area contributed by atoms with Crippen molar-refractivity contribution in [2.45, 2.75) is 44.1 Å². The number of likely N-dealkylation sites (tertiary alicyclic amines) is 1. The van der Waals surface area contributed by atoms with Gasteiger partial charge in [0.1, 0.15) is 17.4 Å². The molecular weight excluding hydrogens is 534 g/mol. The fraction of sp³-hybridized carbons (Fsp3) is 0.424. The van der Waals surface area contributed by atoms with Crippen LogP contribution in [-0.4, -0.2) is 83.2 Å². The van der Waals surface area contributed by atoms with E-state index in [4.69, 9.17) is 9.47 Å². The number of anilines is 1. The molecule has 3 amide bonds. The number of aliphatic hydroxyl groups is 1. The third-order valence-electron chi connectivity index (χ3n) is 8.57. The van der Waals surface area contributed by atoms with Crippen molar-refractivity contribution in [1.29, 1.82) is 0 Å². The van der Waals surface area contributed by atoms with E-state index in [-0.39, 0.29) is 44.0 Å². The van der Waals surface area contributed by atoms with E-state index in [0.29, 0.717) is 37.4 Å². The molecule has 3 heterocycles. The summed E-state index contributed by atoms with van der Waals surface area (Å²) in [5.74, 6) is -1.74. The van der Waals surface area contributed by atoms with Crippen LogP contribution >= 0.6 is 0 Å². The molecule has 2 aromatic rings. The van der Waals surface area contributed by atoms with Crippen LogP contribution in [0.15, 0.2) is 79.9 Å². The second kappa shape index (κ2) is 12.5. The van der Waals surface area contributed by atoms with Gasteiger partial charge < -0.3 is 29.3 Å². The first-order valence-corrected chi connectivity index (χ1v) is 14.6. The molecule has 222 valence electrons. The second-order valence-electron chi connectivity index (χ2n) is 11.0. The minimum absolute atomic E-state index is 0.0229. The van der Waals surface area contributed by atoms with E-state index in [0.717, 1.165) is 5.56 Å². The molecule has 2 aromatic carbocycles. The van der Waals surface area contributed by atoms with Gasteiger partial charge in [-0.15, -0.1) is 13.2 Å². The summed E-state index contributed by atoms with van der Waals surface area (Å²) in [4.78, 5) is 47.4. The van der Waals surface area contributed by atoms with Gasteiger partial charge in [-0.3, -0.25) is 14.4 Å². The van der Waals surface area contributed by atoms with Crippen molar-refractivity contribution in [3.05, 3.63) is 85.5 Å². The van der Waals surface area contributed by atoms with E-state index in [9.17, 15) is 19.5 Å². The van der Waals surface area contributed by atoms with E-state index in [1.54, 1.807) is 34.1 Å². The number of hydrogen-bond acceptors (Lipinski definition) is 6. The quantitative estimate of drug-likeness (QED) is 0.370. The molecule has 9 heteroatoms. The number of benzene rings is 2. The summed E-state index contributed by atoms with van der Waals surface area (Å²) in [6, 6.07) is 15.9. The predicted molar refractivity (Wildman–Crippen MR) is 159 cm³/mol. The van der Waals surface area contributed by atoms with Crippen molar-refractivity contribution < 1.29 is 29.0 Å². The van der Waals surface area contributed by atoms with E-state index in [2.05, 4.69) is 13.2 Å². The molecule has 0 aliphatic carbocycles. The minimum atomic E-state index is -1.15. The van der Waals surface area contributed by atoms with Crippen LogP contribution in [0.4, 0.5) is 5.69 Å². The van der Waals surface area contributed by atoms with E-state index in [1.807, 2.05) is 49.4 Å². The van der Waals surface area contributed by atoms with Crippen LogP contribution in [-0.2, 0) is 25.7 Å². The highest BCUT2D eigenvalue weighted by atomic mass is 16.5. The maximum atomic E-state index is 14.3. The molecule has 5 atom stereocenters. The minimum Gasteiger partial charge on any atom is -0.494 e. The maximum absolute atomic E-state index is 14.3. The standard InChI is InChI=1S/C33H39N3O6/c1-4-18-34(22-23-10-8-7-9-11-23)32(40)29-33-17-16-26(42-33)27(28(33)31(39)36(29)20-21-37)30(38)35(19-5-2)24-12-14-25(15-13-24)41-6-3/h4-5,7-15,26-29,37H,1-2,6,16-22H2,3H3/t26-,27+,28-,29?,33?/m0/s1. The molecule has 3 saturated heterocycles. The van der Waals surface area contributed by atoms with Crippen molar-refractivity contribution in [3.8, 4) is 5.75 Å². The average Bonchev–Trinajstić information content (AvgIpc) is 3.64. The number of aliphatic hydroxyl groups excluding tert-OH is 1. The molecule has 1 N–H and O–H groups in total. The molecule has 0 radical (unpaired) electrons. The van der Waals surface area contributed by atoms with Crippen LogP contribution in [0.25, 0.3) is 0 Å². The molecule has 0 saturated carbocycles. The zero-order chi connectivity index (χ0) is 29.9. The van der Waals surface area contributed by atoms with Gasteiger partial charge in [-0.05, 0) is 49.6 Å². The first-order chi connectivity index (χ1) is 20.4. The Hall–Kier alpha value is -3.95. The van der Waals surface area contributed by atoms with Gasteiger partial charge in [0, 0.05) is 31.9 Å². The third-order valence-corrected chi connectivity index (χ3v) is 8.57. The lowest BCUT2D eigenvalue weighted by atomic mass is 9.70. The van der Waals surface area contributed by atoms with Crippen LogP contribution in [0.3, 0.4) is 0 Å². The van der Waals surface area contributed by atoms with Gasteiger partial charge in [0.25, 0.3) is 0 Å². The van der Waals surface area contributed by atoms with Crippen LogP contribution in [0.5, 0.6) is 5.75 Å². The summed E-state index contributed by atoms with van der Waals surface area (Å²) in [6.07, 6.45) is 3.85. The summed E-state index contributed by atoms with van der Waals surface area (Å²) in [7, 11) is 0. The molecule has 2 unspecified atom stereocenters. The lowest BCUT2D eigenvalue weighted by Crippen LogP contribution is -2.56. The molecule has 2 bridgehead atoms. The Labute approximate surface area is 247 Å².